The molecule has 0 saturated heterocycles. The standard InChI is InChI=1S/C15H16Cl2N2O2.BrH/c1-7(6-18)12-8(2)13-10(17)4-9(16)5-11(13)19-14(12)15(20)21-3;/h4-5,7H,6,18H2,1-3H3;1H. The third-order valence-electron chi connectivity index (χ3n) is 3.53. The number of carbonyl (C=O) groups is 1. The number of fused-ring (bicyclic) bond motifs is 1. The van der Waals surface area contributed by atoms with E-state index in [9.17, 15) is 4.79 Å². The number of halogens is 3. The average Bonchev–Trinajstić information content (AvgIpc) is 2.44. The van der Waals surface area contributed by atoms with Crippen molar-refractivity contribution in [1.29, 1.82) is 0 Å². The van der Waals surface area contributed by atoms with Gasteiger partial charge < -0.3 is 10.5 Å². The van der Waals surface area contributed by atoms with Gasteiger partial charge in [0.1, 0.15) is 0 Å². The highest BCUT2D eigenvalue weighted by Crippen LogP contribution is 2.34. The van der Waals surface area contributed by atoms with Crippen LogP contribution in [-0.2, 0) is 4.74 Å². The van der Waals surface area contributed by atoms with Crippen LogP contribution in [0.4, 0.5) is 0 Å². The molecule has 4 nitrogen and oxygen atoms in total. The van der Waals surface area contributed by atoms with Gasteiger partial charge >= 0.3 is 5.97 Å². The molecule has 0 bridgehead atoms. The molecule has 1 atom stereocenters. The van der Waals surface area contributed by atoms with Crippen molar-refractivity contribution in [3.8, 4) is 0 Å². The van der Waals surface area contributed by atoms with E-state index >= 15 is 0 Å². The first-order valence-electron chi connectivity index (χ1n) is 6.48. The van der Waals surface area contributed by atoms with Crippen LogP contribution < -0.4 is 5.73 Å². The number of nitrogens with zero attached hydrogens (tertiary/aromatic N) is 1. The first kappa shape index (κ1) is 19.2. The van der Waals surface area contributed by atoms with Gasteiger partial charge in [-0.05, 0) is 42.6 Å². The van der Waals surface area contributed by atoms with Gasteiger partial charge in [-0.2, -0.15) is 0 Å². The zero-order valence-electron chi connectivity index (χ0n) is 12.4. The third-order valence-corrected chi connectivity index (χ3v) is 4.04. The summed E-state index contributed by atoms with van der Waals surface area (Å²) < 4.78 is 4.83. The van der Waals surface area contributed by atoms with Gasteiger partial charge in [-0.15, -0.1) is 17.0 Å². The van der Waals surface area contributed by atoms with Crippen molar-refractivity contribution in [3.63, 3.8) is 0 Å². The maximum absolute atomic E-state index is 12.0. The van der Waals surface area contributed by atoms with Crippen molar-refractivity contribution < 1.29 is 9.53 Å². The Kier molecular flexibility index (Phi) is 6.62. The first-order valence-corrected chi connectivity index (χ1v) is 7.23. The van der Waals surface area contributed by atoms with Crippen LogP contribution in [0, 0.1) is 6.92 Å². The van der Waals surface area contributed by atoms with Gasteiger partial charge in [0.2, 0.25) is 0 Å². The fourth-order valence-corrected chi connectivity index (χ4v) is 3.11. The summed E-state index contributed by atoms with van der Waals surface area (Å²) in [6.45, 7) is 4.23. The van der Waals surface area contributed by atoms with Crippen LogP contribution >= 0.6 is 40.2 Å². The summed E-state index contributed by atoms with van der Waals surface area (Å²) in [6, 6.07) is 3.34. The summed E-state index contributed by atoms with van der Waals surface area (Å²) in [5.41, 5.74) is 8.23. The molecule has 22 heavy (non-hydrogen) atoms. The number of hydrogen-bond donors (Lipinski definition) is 1. The number of rotatable bonds is 3. The molecule has 0 saturated carbocycles. The molecule has 1 unspecified atom stereocenters. The molecule has 2 aromatic rings. The largest absolute Gasteiger partial charge is 0.464 e. The SMILES string of the molecule is Br.COC(=O)c1nc2cc(Cl)cc(Cl)c2c(C)c1C(C)CN. The summed E-state index contributed by atoms with van der Waals surface area (Å²) in [5, 5.41) is 1.75. The van der Waals surface area contributed by atoms with Crippen LogP contribution in [0.5, 0.6) is 0 Å². The van der Waals surface area contributed by atoms with Crippen LogP contribution in [0.1, 0.15) is 34.5 Å². The molecule has 0 aliphatic rings. The first-order chi connectivity index (χ1) is 9.90. The van der Waals surface area contributed by atoms with E-state index in [0.717, 1.165) is 16.5 Å². The molecule has 2 N–H and O–H groups in total. The number of methoxy groups -OCH3 is 1. The van der Waals surface area contributed by atoms with Crippen molar-refractivity contribution >= 4 is 57.1 Å². The van der Waals surface area contributed by atoms with E-state index in [4.69, 9.17) is 33.7 Å². The Morgan fingerprint density at radius 3 is 2.59 bits per heavy atom. The maximum Gasteiger partial charge on any atom is 0.356 e. The highest BCUT2D eigenvalue weighted by atomic mass is 79.9. The Morgan fingerprint density at radius 2 is 2.05 bits per heavy atom. The second-order valence-corrected chi connectivity index (χ2v) is 5.75. The van der Waals surface area contributed by atoms with E-state index in [-0.39, 0.29) is 28.6 Å². The van der Waals surface area contributed by atoms with E-state index in [1.54, 1.807) is 12.1 Å². The Labute approximate surface area is 149 Å². The number of pyridine rings is 1. The molecule has 2 rings (SSSR count). The fourth-order valence-electron chi connectivity index (χ4n) is 2.49. The van der Waals surface area contributed by atoms with Gasteiger partial charge in [-0.3, -0.25) is 0 Å². The number of ether oxygens (including phenoxy) is 1. The van der Waals surface area contributed by atoms with Crippen LogP contribution in [-0.4, -0.2) is 24.6 Å². The van der Waals surface area contributed by atoms with E-state index in [0.29, 0.717) is 22.1 Å². The van der Waals surface area contributed by atoms with E-state index in [1.165, 1.54) is 7.11 Å². The summed E-state index contributed by atoms with van der Waals surface area (Å²) >= 11 is 12.3. The molecule has 7 heteroatoms. The maximum atomic E-state index is 12.0. The molecule has 0 aliphatic heterocycles. The highest BCUT2D eigenvalue weighted by Gasteiger charge is 2.23. The highest BCUT2D eigenvalue weighted by molar-refractivity contribution is 8.93. The van der Waals surface area contributed by atoms with Crippen molar-refractivity contribution in [2.24, 2.45) is 5.73 Å². The molecular formula is C15H17BrCl2N2O2. The topological polar surface area (TPSA) is 65.2 Å². The number of carbonyl (C=O) groups excluding carboxylic acids is 1. The molecular weight excluding hydrogens is 391 g/mol. The monoisotopic (exact) mass is 406 g/mol. The van der Waals surface area contributed by atoms with Gasteiger partial charge in [-0.1, -0.05) is 30.1 Å². The minimum Gasteiger partial charge on any atom is -0.464 e. The smallest absolute Gasteiger partial charge is 0.356 e. The summed E-state index contributed by atoms with van der Waals surface area (Å²) in [4.78, 5) is 16.4. The predicted molar refractivity (Wildman–Crippen MR) is 95.6 cm³/mol. The molecule has 0 spiro atoms. The molecule has 120 valence electrons. The van der Waals surface area contributed by atoms with Crippen molar-refractivity contribution in [2.75, 3.05) is 13.7 Å². The second kappa shape index (κ2) is 7.59. The average molecular weight is 408 g/mol. The summed E-state index contributed by atoms with van der Waals surface area (Å²) in [6.07, 6.45) is 0. The zero-order chi connectivity index (χ0) is 15.7. The minimum atomic E-state index is -0.494. The second-order valence-electron chi connectivity index (χ2n) is 4.91. The van der Waals surface area contributed by atoms with E-state index in [2.05, 4.69) is 4.98 Å². The molecule has 1 aromatic carbocycles. The molecule has 0 fully saturated rings. The van der Waals surface area contributed by atoms with Gasteiger partial charge in [0.15, 0.2) is 5.69 Å². The van der Waals surface area contributed by atoms with Crippen LogP contribution in [0.3, 0.4) is 0 Å². The van der Waals surface area contributed by atoms with Gasteiger partial charge in [0.05, 0.1) is 17.6 Å². The number of esters is 1. The summed E-state index contributed by atoms with van der Waals surface area (Å²) in [5.74, 6) is -0.533. The Morgan fingerprint density at radius 1 is 1.41 bits per heavy atom. The normalized spacial score (nSPS) is 11.9. The lowest BCUT2D eigenvalue weighted by molar-refractivity contribution is 0.0592. The van der Waals surface area contributed by atoms with Gasteiger partial charge in [0.25, 0.3) is 0 Å². The lowest BCUT2D eigenvalue weighted by Gasteiger charge is -2.18. The number of aromatic nitrogens is 1. The fraction of sp³-hybridized carbons (Fsp3) is 0.333. The van der Waals surface area contributed by atoms with Gasteiger partial charge in [0, 0.05) is 10.4 Å². The van der Waals surface area contributed by atoms with Crippen LogP contribution in [0.2, 0.25) is 10.0 Å². The molecule has 0 amide bonds. The lowest BCUT2D eigenvalue weighted by Crippen LogP contribution is -2.17. The van der Waals surface area contributed by atoms with E-state index in [1.807, 2.05) is 13.8 Å². The Hall–Kier alpha value is -0.880. The Balaban J connectivity index is 0.00000242. The molecule has 0 radical (unpaired) electrons. The summed E-state index contributed by atoms with van der Waals surface area (Å²) in [7, 11) is 1.32. The molecule has 0 aliphatic carbocycles. The van der Waals surface area contributed by atoms with Crippen molar-refractivity contribution in [2.45, 2.75) is 19.8 Å². The van der Waals surface area contributed by atoms with E-state index < -0.39 is 5.97 Å². The van der Waals surface area contributed by atoms with Crippen molar-refractivity contribution in [1.82, 2.24) is 4.98 Å². The number of benzene rings is 1. The Bertz CT molecular complexity index is 722. The number of nitrogens with two attached hydrogens (primary N) is 1. The molecule has 1 heterocycles. The third kappa shape index (κ3) is 3.38. The van der Waals surface area contributed by atoms with Gasteiger partial charge in [-0.25, -0.2) is 9.78 Å². The minimum absolute atomic E-state index is 0. The van der Waals surface area contributed by atoms with Crippen LogP contribution in [0.25, 0.3) is 10.9 Å². The van der Waals surface area contributed by atoms with Crippen LogP contribution in [0.15, 0.2) is 12.1 Å². The lowest BCUT2D eigenvalue weighted by atomic mass is 9.92. The van der Waals surface area contributed by atoms with Crippen molar-refractivity contribution in [3.05, 3.63) is 39.0 Å². The molecule has 1 aromatic heterocycles. The predicted octanol–water partition coefficient (Wildman–Crippen LogP) is 4.28. The quantitative estimate of drug-likeness (QED) is 0.771. The number of aryl methyl sites for hydroxylation is 1. The number of hydrogen-bond acceptors (Lipinski definition) is 4. The zero-order valence-corrected chi connectivity index (χ0v) is 15.7.